The lowest BCUT2D eigenvalue weighted by Crippen LogP contribution is -2.17. The number of aryl methyl sites for hydroxylation is 1. The number of carbonyl (C=O) groups excluding carboxylic acids is 1. The largest absolute Gasteiger partial charge is 0.573 e. The fourth-order valence-corrected chi connectivity index (χ4v) is 2.45. The molecule has 1 amide bonds. The lowest BCUT2D eigenvalue weighted by Gasteiger charge is -2.10. The third-order valence-corrected chi connectivity index (χ3v) is 3.88. The molecule has 0 aromatic heterocycles. The molecule has 0 aliphatic heterocycles. The van der Waals surface area contributed by atoms with Gasteiger partial charge in [0.2, 0.25) is 5.91 Å². The highest BCUT2D eigenvalue weighted by Crippen LogP contribution is 2.23. The van der Waals surface area contributed by atoms with Gasteiger partial charge in [0.05, 0.1) is 0 Å². The molecule has 0 aliphatic carbocycles. The molecule has 0 bridgehead atoms. The number of carbonyl (C=O) groups is 1. The van der Waals surface area contributed by atoms with Crippen LogP contribution in [0, 0.1) is 0 Å². The third kappa shape index (κ3) is 8.13. The highest BCUT2D eigenvalue weighted by Gasteiger charge is 2.30. The number of halogens is 3. The second kappa shape index (κ2) is 9.41. The molecule has 2 aromatic carbocycles. The van der Waals surface area contributed by atoms with E-state index in [0.717, 1.165) is 24.2 Å². The predicted molar refractivity (Wildman–Crippen MR) is 98.8 cm³/mol. The predicted octanol–water partition coefficient (Wildman–Crippen LogP) is 4.26. The van der Waals surface area contributed by atoms with E-state index in [2.05, 4.69) is 15.0 Å². The minimum absolute atomic E-state index is 0.147. The molecule has 0 heterocycles. The van der Waals surface area contributed by atoms with Gasteiger partial charge >= 0.3 is 6.36 Å². The molecular formula is C20H23F3N2O2. The molecule has 0 saturated heterocycles. The van der Waals surface area contributed by atoms with Crippen LogP contribution >= 0.6 is 0 Å². The van der Waals surface area contributed by atoms with Crippen molar-refractivity contribution in [1.82, 2.24) is 4.90 Å². The Morgan fingerprint density at radius 2 is 1.52 bits per heavy atom. The Morgan fingerprint density at radius 1 is 0.963 bits per heavy atom. The first-order valence-electron chi connectivity index (χ1n) is 8.59. The Bertz CT molecular complexity index is 726. The van der Waals surface area contributed by atoms with Gasteiger partial charge in [-0.3, -0.25) is 4.79 Å². The first-order chi connectivity index (χ1) is 12.7. The van der Waals surface area contributed by atoms with Crippen molar-refractivity contribution in [2.75, 3.05) is 26.0 Å². The number of rotatable bonds is 8. The van der Waals surface area contributed by atoms with Crippen LogP contribution in [0.15, 0.2) is 48.5 Å². The van der Waals surface area contributed by atoms with Crippen molar-refractivity contribution < 1.29 is 22.7 Å². The summed E-state index contributed by atoms with van der Waals surface area (Å²) in [5.41, 5.74) is 2.68. The SMILES string of the molecule is CN(C)CCc1ccc(NC(=O)CCc2ccc(OC(F)(F)F)cc2)cc1. The van der Waals surface area contributed by atoms with Crippen LogP contribution in [0.2, 0.25) is 0 Å². The minimum atomic E-state index is -4.70. The molecule has 0 spiro atoms. The zero-order valence-electron chi connectivity index (χ0n) is 15.3. The molecule has 0 fully saturated rings. The van der Waals surface area contributed by atoms with E-state index in [1.807, 2.05) is 38.4 Å². The minimum Gasteiger partial charge on any atom is -0.406 e. The van der Waals surface area contributed by atoms with Crippen LogP contribution < -0.4 is 10.1 Å². The maximum Gasteiger partial charge on any atom is 0.573 e. The van der Waals surface area contributed by atoms with Gasteiger partial charge in [0.25, 0.3) is 0 Å². The van der Waals surface area contributed by atoms with E-state index in [-0.39, 0.29) is 18.1 Å². The van der Waals surface area contributed by atoms with Gasteiger partial charge in [-0.15, -0.1) is 13.2 Å². The zero-order chi connectivity index (χ0) is 19.9. The average molecular weight is 380 g/mol. The van der Waals surface area contributed by atoms with Gasteiger partial charge in [-0.25, -0.2) is 0 Å². The molecule has 2 rings (SSSR count). The second-order valence-corrected chi connectivity index (χ2v) is 6.49. The molecule has 7 heteroatoms. The van der Waals surface area contributed by atoms with Gasteiger partial charge in [-0.2, -0.15) is 0 Å². The van der Waals surface area contributed by atoms with E-state index >= 15 is 0 Å². The van der Waals surface area contributed by atoms with Gasteiger partial charge in [-0.1, -0.05) is 24.3 Å². The lowest BCUT2D eigenvalue weighted by atomic mass is 10.1. The zero-order valence-corrected chi connectivity index (χ0v) is 15.3. The van der Waals surface area contributed by atoms with E-state index in [0.29, 0.717) is 6.42 Å². The summed E-state index contributed by atoms with van der Waals surface area (Å²) in [4.78, 5) is 14.2. The molecular weight excluding hydrogens is 357 g/mol. The molecule has 0 aliphatic rings. The molecule has 0 atom stereocenters. The van der Waals surface area contributed by atoms with E-state index in [9.17, 15) is 18.0 Å². The van der Waals surface area contributed by atoms with Gasteiger partial charge in [0, 0.05) is 18.7 Å². The number of hydrogen-bond acceptors (Lipinski definition) is 3. The lowest BCUT2D eigenvalue weighted by molar-refractivity contribution is -0.274. The van der Waals surface area contributed by atoms with Crippen molar-refractivity contribution in [3.8, 4) is 5.75 Å². The van der Waals surface area contributed by atoms with Crippen LogP contribution in [0.4, 0.5) is 18.9 Å². The fourth-order valence-electron chi connectivity index (χ4n) is 2.45. The summed E-state index contributed by atoms with van der Waals surface area (Å²) in [6.07, 6.45) is -3.10. The first-order valence-corrected chi connectivity index (χ1v) is 8.59. The van der Waals surface area contributed by atoms with Crippen LogP contribution in [0.1, 0.15) is 17.5 Å². The van der Waals surface area contributed by atoms with Gasteiger partial charge < -0.3 is 15.0 Å². The number of alkyl halides is 3. The number of hydrogen-bond donors (Lipinski definition) is 1. The summed E-state index contributed by atoms with van der Waals surface area (Å²) in [5.74, 6) is -0.420. The van der Waals surface area contributed by atoms with Crippen LogP contribution in [0.5, 0.6) is 5.75 Å². The number of amides is 1. The summed E-state index contributed by atoms with van der Waals surface area (Å²) < 4.78 is 40.2. The smallest absolute Gasteiger partial charge is 0.406 e. The molecule has 27 heavy (non-hydrogen) atoms. The summed E-state index contributed by atoms with van der Waals surface area (Å²) in [5, 5.41) is 2.82. The van der Waals surface area contributed by atoms with Crippen molar-refractivity contribution in [2.45, 2.75) is 25.6 Å². The Hall–Kier alpha value is -2.54. The summed E-state index contributed by atoms with van der Waals surface area (Å²) in [6, 6.07) is 13.2. The van der Waals surface area contributed by atoms with E-state index in [1.165, 1.54) is 29.8 Å². The van der Waals surface area contributed by atoms with Crippen LogP contribution in [-0.4, -0.2) is 37.8 Å². The highest BCUT2D eigenvalue weighted by atomic mass is 19.4. The third-order valence-electron chi connectivity index (χ3n) is 3.88. The molecule has 1 N–H and O–H groups in total. The highest BCUT2D eigenvalue weighted by molar-refractivity contribution is 5.90. The summed E-state index contributed by atoms with van der Waals surface area (Å²) in [6.45, 7) is 0.957. The quantitative estimate of drug-likeness (QED) is 0.744. The van der Waals surface area contributed by atoms with Crippen molar-refractivity contribution in [2.24, 2.45) is 0 Å². The van der Waals surface area contributed by atoms with E-state index in [1.54, 1.807) is 0 Å². The normalized spacial score (nSPS) is 11.5. The van der Waals surface area contributed by atoms with Crippen molar-refractivity contribution in [3.63, 3.8) is 0 Å². The standard InChI is InChI=1S/C20H23F3N2O2/c1-25(2)14-13-16-3-8-17(9-4-16)24-19(26)12-7-15-5-10-18(11-6-15)27-20(21,22)23/h3-6,8-11H,7,12-14H2,1-2H3,(H,24,26). The second-order valence-electron chi connectivity index (χ2n) is 6.49. The number of likely N-dealkylation sites (N-methyl/N-ethyl adjacent to an activating group) is 1. The maximum atomic E-state index is 12.1. The molecule has 0 saturated carbocycles. The topological polar surface area (TPSA) is 41.6 Å². The number of nitrogens with zero attached hydrogens (tertiary/aromatic N) is 1. The molecule has 2 aromatic rings. The number of anilines is 1. The van der Waals surface area contributed by atoms with Gasteiger partial charge in [-0.05, 0) is 62.3 Å². The fraction of sp³-hybridized carbons (Fsp3) is 0.350. The number of nitrogens with one attached hydrogen (secondary N) is 1. The van der Waals surface area contributed by atoms with Crippen LogP contribution in [0.25, 0.3) is 0 Å². The van der Waals surface area contributed by atoms with Gasteiger partial charge in [0.1, 0.15) is 5.75 Å². The van der Waals surface area contributed by atoms with E-state index in [4.69, 9.17) is 0 Å². The molecule has 4 nitrogen and oxygen atoms in total. The average Bonchev–Trinajstić information content (AvgIpc) is 2.59. The van der Waals surface area contributed by atoms with Crippen LogP contribution in [0.3, 0.4) is 0 Å². The van der Waals surface area contributed by atoms with Crippen LogP contribution in [-0.2, 0) is 17.6 Å². The Morgan fingerprint density at radius 3 is 2.07 bits per heavy atom. The summed E-state index contributed by atoms with van der Waals surface area (Å²) >= 11 is 0. The van der Waals surface area contributed by atoms with Crippen molar-refractivity contribution in [3.05, 3.63) is 59.7 Å². The Labute approximate surface area is 156 Å². The van der Waals surface area contributed by atoms with E-state index < -0.39 is 6.36 Å². The monoisotopic (exact) mass is 380 g/mol. The molecule has 0 unspecified atom stereocenters. The molecule has 0 radical (unpaired) electrons. The Kier molecular flexibility index (Phi) is 7.24. The molecule has 146 valence electrons. The first kappa shape index (κ1) is 20.8. The number of ether oxygens (including phenoxy) is 1. The van der Waals surface area contributed by atoms with Crippen molar-refractivity contribution in [1.29, 1.82) is 0 Å². The summed E-state index contributed by atoms with van der Waals surface area (Å²) in [7, 11) is 4.04. The van der Waals surface area contributed by atoms with Gasteiger partial charge in [0.15, 0.2) is 0 Å². The number of benzene rings is 2. The Balaban J connectivity index is 1.78. The maximum absolute atomic E-state index is 12.1. The van der Waals surface area contributed by atoms with Crippen molar-refractivity contribution >= 4 is 11.6 Å².